The van der Waals surface area contributed by atoms with Crippen molar-refractivity contribution in [3.8, 4) is 0 Å². The molecular formula is C4H9CaKO6. The molecule has 0 radical (unpaired) electrons. The van der Waals surface area contributed by atoms with Gasteiger partial charge < -0.3 is 20.4 Å². The first-order chi connectivity index (χ1) is 4.46. The summed E-state index contributed by atoms with van der Waals surface area (Å²) >= 11 is 0. The zero-order valence-electron chi connectivity index (χ0n) is 4.76. The summed E-state index contributed by atoms with van der Waals surface area (Å²) in [7, 11) is 0. The van der Waals surface area contributed by atoms with Crippen LogP contribution in [0.25, 0.3) is 0 Å². The van der Waals surface area contributed by atoms with E-state index in [2.05, 4.69) is 0 Å². The summed E-state index contributed by atoms with van der Waals surface area (Å²) in [4.78, 5) is 19.5. The number of carboxylic acid groups (broad SMARTS) is 2. The monoisotopic (exact) mass is 232 g/mol. The van der Waals surface area contributed by atoms with Crippen molar-refractivity contribution in [2.24, 2.45) is 0 Å². The van der Waals surface area contributed by atoms with Crippen LogP contribution in [0.15, 0.2) is 0 Å². The normalized spacial score (nSPS) is 13.2. The van der Waals surface area contributed by atoms with Gasteiger partial charge in [0.2, 0.25) is 0 Å². The van der Waals surface area contributed by atoms with E-state index in [1.807, 2.05) is 0 Å². The van der Waals surface area contributed by atoms with Gasteiger partial charge in [0.05, 0.1) is 0 Å². The Bertz CT molecular complexity index is 144. The van der Waals surface area contributed by atoms with Gasteiger partial charge in [0.25, 0.3) is 0 Å². The molecular weight excluding hydrogens is 223 g/mol. The molecule has 64 valence electrons. The molecule has 0 heterocycles. The molecule has 0 aliphatic carbocycles. The zero-order valence-corrected chi connectivity index (χ0v) is 4.76. The third kappa shape index (κ3) is 7.19. The molecule has 2 unspecified atom stereocenters. The first-order valence-corrected chi connectivity index (χ1v) is 2.28. The summed E-state index contributed by atoms with van der Waals surface area (Å²) in [5.41, 5.74) is 0. The maximum atomic E-state index is 9.77. The van der Waals surface area contributed by atoms with Crippen molar-refractivity contribution < 1.29 is 30.0 Å². The van der Waals surface area contributed by atoms with Crippen molar-refractivity contribution in [1.29, 1.82) is 0 Å². The van der Waals surface area contributed by atoms with E-state index in [1.54, 1.807) is 0 Å². The van der Waals surface area contributed by atoms with Crippen LogP contribution in [-0.2, 0) is 9.59 Å². The molecule has 0 fully saturated rings. The van der Waals surface area contributed by atoms with Gasteiger partial charge in [-0.15, -0.1) is 0 Å². The molecule has 0 aromatic heterocycles. The molecule has 12 heavy (non-hydrogen) atoms. The van der Waals surface area contributed by atoms with Gasteiger partial charge in [0, 0.05) is 0 Å². The number of hydrogen-bond acceptors (Lipinski definition) is 4. The van der Waals surface area contributed by atoms with Gasteiger partial charge in [-0.2, -0.15) is 0 Å². The van der Waals surface area contributed by atoms with Crippen LogP contribution in [0.5, 0.6) is 0 Å². The SMILES string of the molecule is O=C(O)C(O)C(O)C(=O)O.[CaH2].[KH]. The number of carboxylic acids is 2. The van der Waals surface area contributed by atoms with Gasteiger partial charge in [-0.1, -0.05) is 0 Å². The van der Waals surface area contributed by atoms with Gasteiger partial charge in [0.1, 0.15) is 0 Å². The molecule has 0 bridgehead atoms. The van der Waals surface area contributed by atoms with Crippen LogP contribution < -0.4 is 0 Å². The third-order valence-electron chi connectivity index (χ3n) is 0.805. The molecule has 6 nitrogen and oxygen atoms in total. The van der Waals surface area contributed by atoms with Crippen LogP contribution in [0.3, 0.4) is 0 Å². The summed E-state index contributed by atoms with van der Waals surface area (Å²) < 4.78 is 0. The minimum atomic E-state index is -2.27. The molecule has 0 saturated heterocycles. The fourth-order valence-electron chi connectivity index (χ4n) is 0.270. The Balaban J connectivity index is -0.000000405. The molecule has 2 atom stereocenters. The molecule has 0 saturated carbocycles. The maximum absolute atomic E-state index is 9.77. The number of rotatable bonds is 3. The van der Waals surface area contributed by atoms with Gasteiger partial charge in [-0.05, 0) is 0 Å². The Hall–Kier alpha value is 1.76. The second kappa shape index (κ2) is 9.32. The van der Waals surface area contributed by atoms with Crippen molar-refractivity contribution in [2.45, 2.75) is 12.2 Å². The van der Waals surface area contributed by atoms with E-state index >= 15 is 0 Å². The topological polar surface area (TPSA) is 115 Å². The van der Waals surface area contributed by atoms with Crippen LogP contribution in [0, 0.1) is 0 Å². The molecule has 8 heteroatoms. The number of hydrogen-bond donors (Lipinski definition) is 4. The Labute approximate surface area is 140 Å². The Morgan fingerprint density at radius 1 is 0.917 bits per heavy atom. The minimum absolute atomic E-state index is 0. The van der Waals surface area contributed by atoms with Crippen molar-refractivity contribution >= 4 is 101 Å². The molecule has 0 spiro atoms. The summed E-state index contributed by atoms with van der Waals surface area (Å²) in [6, 6.07) is 0. The fourth-order valence-corrected chi connectivity index (χ4v) is 0.270. The first-order valence-electron chi connectivity index (χ1n) is 2.28. The van der Waals surface area contributed by atoms with E-state index < -0.39 is 24.1 Å². The summed E-state index contributed by atoms with van der Waals surface area (Å²) in [5.74, 6) is -3.54. The zero-order chi connectivity index (χ0) is 8.31. The van der Waals surface area contributed by atoms with Crippen molar-refractivity contribution in [2.75, 3.05) is 0 Å². The molecule has 0 aromatic rings. The van der Waals surface area contributed by atoms with Crippen molar-refractivity contribution in [1.82, 2.24) is 0 Å². The molecule has 0 amide bonds. The summed E-state index contributed by atoms with van der Waals surface area (Å²) in [6.07, 6.45) is -4.53. The van der Waals surface area contributed by atoms with E-state index in [0.717, 1.165) is 0 Å². The molecule has 4 N–H and O–H groups in total. The number of aliphatic hydroxyl groups excluding tert-OH is 2. The van der Waals surface area contributed by atoms with Gasteiger partial charge in [0.15, 0.2) is 12.2 Å². The first kappa shape index (κ1) is 19.3. The predicted octanol–water partition coefficient (Wildman–Crippen LogP) is -3.69. The average Bonchev–Trinajstić information content (AvgIpc) is 1.84. The van der Waals surface area contributed by atoms with Crippen LogP contribution in [-0.4, -0.2) is 134 Å². The number of carbonyl (C=O) groups is 2. The van der Waals surface area contributed by atoms with Crippen molar-refractivity contribution in [3.05, 3.63) is 0 Å². The van der Waals surface area contributed by atoms with Crippen molar-refractivity contribution in [3.63, 3.8) is 0 Å². The molecule has 0 rings (SSSR count). The van der Waals surface area contributed by atoms with Gasteiger partial charge >= 0.3 is 101 Å². The molecule has 0 aliphatic heterocycles. The van der Waals surface area contributed by atoms with Gasteiger partial charge in [-0.25, -0.2) is 9.59 Å². The third-order valence-corrected chi connectivity index (χ3v) is 0.805. The second-order valence-electron chi connectivity index (χ2n) is 1.57. The fraction of sp³-hybridized carbons (Fsp3) is 0.500. The Morgan fingerprint density at radius 2 is 1.08 bits per heavy atom. The standard InChI is InChI=1S/C4H6O6.Ca.K.3H/c5-1(3(7)8)2(6)4(9)10;;;;;/h1-2,5-6H,(H,7,8)(H,9,10);;;;;. The van der Waals surface area contributed by atoms with Crippen LogP contribution in [0.4, 0.5) is 0 Å². The van der Waals surface area contributed by atoms with E-state index in [-0.39, 0.29) is 89.1 Å². The quantitative estimate of drug-likeness (QED) is 0.372. The average molecular weight is 232 g/mol. The van der Waals surface area contributed by atoms with E-state index in [9.17, 15) is 9.59 Å². The van der Waals surface area contributed by atoms with E-state index in [0.29, 0.717) is 0 Å². The van der Waals surface area contributed by atoms with Crippen LogP contribution >= 0.6 is 0 Å². The van der Waals surface area contributed by atoms with Crippen LogP contribution in [0.1, 0.15) is 0 Å². The predicted molar refractivity (Wildman–Crippen MR) is 43.0 cm³/mol. The summed E-state index contributed by atoms with van der Waals surface area (Å²) in [5, 5.41) is 32.5. The van der Waals surface area contributed by atoms with E-state index in [1.165, 1.54) is 0 Å². The Morgan fingerprint density at radius 3 is 1.17 bits per heavy atom. The number of aliphatic carboxylic acids is 2. The molecule has 0 aliphatic rings. The van der Waals surface area contributed by atoms with E-state index in [4.69, 9.17) is 20.4 Å². The summed E-state index contributed by atoms with van der Waals surface area (Å²) in [6.45, 7) is 0. The second-order valence-corrected chi connectivity index (χ2v) is 1.57. The van der Waals surface area contributed by atoms with Gasteiger partial charge in [-0.3, -0.25) is 0 Å². The van der Waals surface area contributed by atoms with Crippen LogP contribution in [0.2, 0.25) is 0 Å². The molecule has 0 aromatic carbocycles. The number of aliphatic hydroxyl groups is 2. The Kier molecular flexibility index (Phi) is 15.0.